The van der Waals surface area contributed by atoms with E-state index >= 15 is 0 Å². The van der Waals surface area contributed by atoms with Crippen molar-refractivity contribution in [3.63, 3.8) is 0 Å². The summed E-state index contributed by atoms with van der Waals surface area (Å²) in [5.41, 5.74) is 2.43. The number of nitrogens with one attached hydrogen (secondary N) is 2. The molecule has 2 N–H and O–H groups in total. The lowest BCUT2D eigenvalue weighted by Crippen LogP contribution is -2.14. The van der Waals surface area contributed by atoms with E-state index in [1.54, 1.807) is 36.4 Å². The van der Waals surface area contributed by atoms with Crippen LogP contribution in [0.25, 0.3) is 0 Å². The topological polar surface area (TPSA) is 90.7 Å². The van der Waals surface area contributed by atoms with Crippen molar-refractivity contribution in [2.45, 2.75) is 6.42 Å². The number of hydrogen-bond acceptors (Lipinski definition) is 5. The molecule has 1 aromatic heterocycles. The predicted molar refractivity (Wildman–Crippen MR) is 99.7 cm³/mol. The highest BCUT2D eigenvalue weighted by molar-refractivity contribution is 6.03. The smallest absolute Gasteiger partial charge is 0.258 e. The van der Waals surface area contributed by atoms with Crippen LogP contribution in [0.1, 0.15) is 21.5 Å². The second kappa shape index (κ2) is 8.54. The van der Waals surface area contributed by atoms with E-state index in [1.807, 2.05) is 6.07 Å². The van der Waals surface area contributed by atoms with Crippen LogP contribution in [0.2, 0.25) is 0 Å². The van der Waals surface area contributed by atoms with Gasteiger partial charge in [0.2, 0.25) is 5.95 Å². The van der Waals surface area contributed by atoms with Crippen molar-refractivity contribution in [3.05, 3.63) is 83.4 Å². The monoisotopic (exact) mass is 361 g/mol. The van der Waals surface area contributed by atoms with Crippen molar-refractivity contribution in [2.24, 2.45) is 0 Å². The van der Waals surface area contributed by atoms with Gasteiger partial charge in [-0.25, -0.2) is 14.4 Å². The minimum atomic E-state index is -0.336. The van der Waals surface area contributed by atoms with Crippen LogP contribution in [0.5, 0.6) is 0 Å². The second-order valence-electron chi connectivity index (χ2n) is 5.74. The zero-order valence-electron chi connectivity index (χ0n) is 14.3. The first-order valence-electron chi connectivity index (χ1n) is 8.26. The molecule has 1 amide bonds. The van der Waals surface area contributed by atoms with E-state index in [2.05, 4.69) is 20.6 Å². The normalized spacial score (nSPS) is 10.1. The van der Waals surface area contributed by atoms with Crippen molar-refractivity contribution >= 4 is 17.5 Å². The van der Waals surface area contributed by atoms with Gasteiger partial charge in [-0.05, 0) is 48.4 Å². The van der Waals surface area contributed by atoms with Gasteiger partial charge in [0, 0.05) is 24.6 Å². The highest BCUT2D eigenvalue weighted by atomic mass is 19.1. The Morgan fingerprint density at radius 2 is 1.70 bits per heavy atom. The number of benzene rings is 2. The molecule has 7 heteroatoms. The lowest BCUT2D eigenvalue weighted by Gasteiger charge is -2.07. The van der Waals surface area contributed by atoms with E-state index in [0.29, 0.717) is 35.7 Å². The van der Waals surface area contributed by atoms with Crippen LogP contribution in [0.3, 0.4) is 0 Å². The van der Waals surface area contributed by atoms with Crippen LogP contribution in [-0.4, -0.2) is 22.4 Å². The number of carbonyl (C=O) groups is 1. The quantitative estimate of drug-likeness (QED) is 0.702. The Balaban J connectivity index is 1.52. The molecule has 0 bridgehead atoms. The Labute approximate surface area is 155 Å². The molecule has 3 rings (SSSR count). The zero-order valence-corrected chi connectivity index (χ0v) is 14.3. The Bertz CT molecular complexity index is 948. The number of nitriles is 1. The summed E-state index contributed by atoms with van der Waals surface area (Å²) < 4.78 is 12.9. The molecule has 0 fully saturated rings. The maximum atomic E-state index is 12.9. The molecule has 0 saturated heterocycles. The molecular weight excluding hydrogens is 345 g/mol. The van der Waals surface area contributed by atoms with Gasteiger partial charge in [0.25, 0.3) is 5.91 Å². The van der Waals surface area contributed by atoms with E-state index in [9.17, 15) is 9.18 Å². The number of anilines is 2. The average Bonchev–Trinajstić information content (AvgIpc) is 2.70. The van der Waals surface area contributed by atoms with Crippen molar-refractivity contribution in [1.82, 2.24) is 9.97 Å². The maximum absolute atomic E-state index is 12.9. The average molecular weight is 361 g/mol. The third-order valence-corrected chi connectivity index (χ3v) is 3.80. The third-order valence-electron chi connectivity index (χ3n) is 3.80. The Hall–Kier alpha value is -3.79. The van der Waals surface area contributed by atoms with Gasteiger partial charge >= 0.3 is 0 Å². The molecule has 0 atom stereocenters. The summed E-state index contributed by atoms with van der Waals surface area (Å²) in [5, 5.41) is 14.6. The number of hydrogen-bond donors (Lipinski definition) is 2. The molecule has 0 radical (unpaired) electrons. The highest BCUT2D eigenvalue weighted by Gasteiger charge is 2.08. The fourth-order valence-corrected chi connectivity index (χ4v) is 2.34. The van der Waals surface area contributed by atoms with E-state index < -0.39 is 0 Å². The predicted octanol–water partition coefficient (Wildman–Crippen LogP) is 3.39. The van der Waals surface area contributed by atoms with E-state index in [1.165, 1.54) is 24.5 Å². The number of amides is 1. The molecule has 0 aliphatic carbocycles. The number of halogens is 1. The summed E-state index contributed by atoms with van der Waals surface area (Å²) in [6.07, 6.45) is 3.57. The summed E-state index contributed by atoms with van der Waals surface area (Å²) >= 11 is 0. The summed E-state index contributed by atoms with van der Waals surface area (Å²) in [5.74, 6) is -0.186. The molecule has 0 saturated carbocycles. The Kier molecular flexibility index (Phi) is 5.70. The van der Waals surface area contributed by atoms with Gasteiger partial charge in [0.1, 0.15) is 5.82 Å². The molecule has 0 aliphatic rings. The molecule has 0 unspecified atom stereocenters. The summed E-state index contributed by atoms with van der Waals surface area (Å²) in [7, 11) is 0. The lowest BCUT2D eigenvalue weighted by atomic mass is 10.1. The molecular formula is C20H16FN5O. The summed E-state index contributed by atoms with van der Waals surface area (Å²) in [6.45, 7) is 0.586. The van der Waals surface area contributed by atoms with Gasteiger partial charge in [-0.1, -0.05) is 12.1 Å². The molecule has 0 spiro atoms. The Morgan fingerprint density at radius 3 is 2.33 bits per heavy atom. The maximum Gasteiger partial charge on any atom is 0.258 e. The van der Waals surface area contributed by atoms with Crippen LogP contribution < -0.4 is 10.6 Å². The van der Waals surface area contributed by atoms with Gasteiger partial charge < -0.3 is 10.6 Å². The molecule has 1 heterocycles. The standard InChI is InChI=1S/C20H16FN5O/c21-17-5-1-14(2-6-17)9-10-23-20-24-12-16(13-25-20)19(27)26-18-7-3-15(11-22)4-8-18/h1-8,12-13H,9-10H2,(H,26,27)(H,23,24,25). The molecule has 6 nitrogen and oxygen atoms in total. The minimum Gasteiger partial charge on any atom is -0.354 e. The number of aromatic nitrogens is 2. The molecule has 134 valence electrons. The van der Waals surface area contributed by atoms with Gasteiger partial charge in [-0.15, -0.1) is 0 Å². The summed E-state index contributed by atoms with van der Waals surface area (Å²) in [4.78, 5) is 20.5. The summed E-state index contributed by atoms with van der Waals surface area (Å²) in [6, 6.07) is 14.9. The van der Waals surface area contributed by atoms with Crippen LogP contribution in [-0.2, 0) is 6.42 Å². The van der Waals surface area contributed by atoms with E-state index in [0.717, 1.165) is 5.56 Å². The number of carbonyl (C=O) groups excluding carboxylic acids is 1. The fourth-order valence-electron chi connectivity index (χ4n) is 2.34. The molecule has 0 aliphatic heterocycles. The highest BCUT2D eigenvalue weighted by Crippen LogP contribution is 2.11. The van der Waals surface area contributed by atoms with Crippen molar-refractivity contribution < 1.29 is 9.18 Å². The van der Waals surface area contributed by atoms with Crippen LogP contribution >= 0.6 is 0 Å². The van der Waals surface area contributed by atoms with Crippen molar-refractivity contribution in [3.8, 4) is 6.07 Å². The molecule has 27 heavy (non-hydrogen) atoms. The van der Waals surface area contributed by atoms with Crippen molar-refractivity contribution in [1.29, 1.82) is 5.26 Å². The van der Waals surface area contributed by atoms with Crippen LogP contribution in [0.15, 0.2) is 60.9 Å². The zero-order chi connectivity index (χ0) is 19.1. The van der Waals surface area contributed by atoms with Crippen molar-refractivity contribution in [2.75, 3.05) is 17.2 Å². The van der Waals surface area contributed by atoms with Gasteiger partial charge in [0.05, 0.1) is 17.2 Å². The first-order chi connectivity index (χ1) is 13.1. The fraction of sp³-hybridized carbons (Fsp3) is 0.100. The second-order valence-corrected chi connectivity index (χ2v) is 5.74. The van der Waals surface area contributed by atoms with Gasteiger partial charge in [-0.2, -0.15) is 5.26 Å². The van der Waals surface area contributed by atoms with Crippen LogP contribution in [0, 0.1) is 17.1 Å². The van der Waals surface area contributed by atoms with Gasteiger partial charge in [0.15, 0.2) is 0 Å². The Morgan fingerprint density at radius 1 is 1.04 bits per heavy atom. The SMILES string of the molecule is N#Cc1ccc(NC(=O)c2cnc(NCCc3ccc(F)cc3)nc2)cc1. The van der Waals surface area contributed by atoms with E-state index in [4.69, 9.17) is 5.26 Å². The first-order valence-corrected chi connectivity index (χ1v) is 8.26. The van der Waals surface area contributed by atoms with E-state index in [-0.39, 0.29) is 11.7 Å². The van der Waals surface area contributed by atoms with Crippen LogP contribution in [0.4, 0.5) is 16.0 Å². The molecule has 2 aromatic carbocycles. The molecule has 3 aromatic rings. The minimum absolute atomic E-state index is 0.259. The number of nitrogens with zero attached hydrogens (tertiary/aromatic N) is 3. The lowest BCUT2D eigenvalue weighted by molar-refractivity contribution is 0.102. The first kappa shape index (κ1) is 18.0. The largest absolute Gasteiger partial charge is 0.354 e. The third kappa shape index (κ3) is 5.09. The number of rotatable bonds is 6. The van der Waals surface area contributed by atoms with Gasteiger partial charge in [-0.3, -0.25) is 4.79 Å².